The van der Waals surface area contributed by atoms with E-state index in [9.17, 15) is 9.59 Å². The Morgan fingerprint density at radius 2 is 1.66 bits per heavy atom. The quantitative estimate of drug-likeness (QED) is 0.715. The lowest BCUT2D eigenvalue weighted by Gasteiger charge is -2.30. The van der Waals surface area contributed by atoms with Gasteiger partial charge >= 0.3 is 5.97 Å². The van der Waals surface area contributed by atoms with E-state index >= 15 is 0 Å². The Labute approximate surface area is 170 Å². The molecule has 0 N–H and O–H groups in total. The maximum Gasteiger partial charge on any atom is 0.336 e. The number of ketones is 1. The van der Waals surface area contributed by atoms with Gasteiger partial charge in [0.05, 0.1) is 30.4 Å². The summed E-state index contributed by atoms with van der Waals surface area (Å²) in [6.45, 7) is 6.34. The summed E-state index contributed by atoms with van der Waals surface area (Å²) in [5.41, 5.74) is 4.15. The Balaban J connectivity index is 1.87. The van der Waals surface area contributed by atoms with Gasteiger partial charge in [-0.2, -0.15) is 0 Å². The van der Waals surface area contributed by atoms with E-state index in [2.05, 4.69) is 0 Å². The number of allylic oxidation sites excluding steroid dienone is 1. The van der Waals surface area contributed by atoms with Crippen LogP contribution in [-0.2, 0) is 9.53 Å². The summed E-state index contributed by atoms with van der Waals surface area (Å²) in [5.74, 6) is -0.658. The molecule has 1 aliphatic carbocycles. The SMILES string of the molecule is CCOC(=O)C1=C(C)N=C2c3ccccc3C(=O)C2[C@H]1c1ccc(OCC)cc1. The highest BCUT2D eigenvalue weighted by Gasteiger charge is 2.47. The van der Waals surface area contributed by atoms with E-state index in [0.29, 0.717) is 23.4 Å². The van der Waals surface area contributed by atoms with Crippen LogP contribution < -0.4 is 4.74 Å². The predicted octanol–water partition coefficient (Wildman–Crippen LogP) is 4.32. The van der Waals surface area contributed by atoms with Gasteiger partial charge < -0.3 is 9.47 Å². The van der Waals surface area contributed by atoms with Gasteiger partial charge in [0.25, 0.3) is 0 Å². The molecule has 5 nitrogen and oxygen atoms in total. The second-order valence-electron chi connectivity index (χ2n) is 7.08. The summed E-state index contributed by atoms with van der Waals surface area (Å²) in [5, 5.41) is 0. The first-order valence-corrected chi connectivity index (χ1v) is 9.89. The number of ether oxygens (including phenoxy) is 2. The molecule has 0 aromatic heterocycles. The maximum absolute atomic E-state index is 13.3. The third-order valence-corrected chi connectivity index (χ3v) is 5.41. The van der Waals surface area contributed by atoms with E-state index in [0.717, 1.165) is 22.6 Å². The zero-order chi connectivity index (χ0) is 20.5. The standard InChI is InChI=1S/C24H23NO4/c1-4-28-16-12-10-15(11-13-16)20-19(24(27)29-5-2)14(3)25-22-17-8-6-7-9-18(17)23(26)21(20)22/h6-13,20-21H,4-5H2,1-3H3/t20-,21?/m0/s1. The summed E-state index contributed by atoms with van der Waals surface area (Å²) in [7, 11) is 0. The Morgan fingerprint density at radius 3 is 2.31 bits per heavy atom. The molecule has 29 heavy (non-hydrogen) atoms. The lowest BCUT2D eigenvalue weighted by molar-refractivity contribution is -0.139. The molecule has 1 unspecified atom stereocenters. The fourth-order valence-corrected chi connectivity index (χ4v) is 4.23. The van der Waals surface area contributed by atoms with E-state index in [-0.39, 0.29) is 12.4 Å². The van der Waals surface area contributed by atoms with Crippen molar-refractivity contribution in [3.8, 4) is 5.75 Å². The van der Waals surface area contributed by atoms with Crippen molar-refractivity contribution in [1.29, 1.82) is 0 Å². The summed E-state index contributed by atoms with van der Waals surface area (Å²) in [6, 6.07) is 15.1. The van der Waals surface area contributed by atoms with Crippen LogP contribution >= 0.6 is 0 Å². The van der Waals surface area contributed by atoms with Crippen LogP contribution in [0.1, 0.15) is 48.2 Å². The van der Waals surface area contributed by atoms with Crippen LogP contribution in [0.4, 0.5) is 0 Å². The second-order valence-corrected chi connectivity index (χ2v) is 7.08. The fraction of sp³-hybridized carbons (Fsp3) is 0.292. The molecule has 2 aromatic carbocycles. The molecular formula is C24H23NO4. The zero-order valence-corrected chi connectivity index (χ0v) is 16.8. The molecule has 0 fully saturated rings. The van der Waals surface area contributed by atoms with Crippen LogP contribution in [0.2, 0.25) is 0 Å². The van der Waals surface area contributed by atoms with Crippen LogP contribution in [0.25, 0.3) is 0 Å². The minimum Gasteiger partial charge on any atom is -0.494 e. The lowest BCUT2D eigenvalue weighted by Crippen LogP contribution is -2.32. The van der Waals surface area contributed by atoms with Gasteiger partial charge in [0.2, 0.25) is 0 Å². The molecule has 2 atom stereocenters. The predicted molar refractivity (Wildman–Crippen MR) is 110 cm³/mol. The van der Waals surface area contributed by atoms with Gasteiger partial charge in [-0.3, -0.25) is 9.79 Å². The molecule has 1 aliphatic heterocycles. The Morgan fingerprint density at radius 1 is 0.966 bits per heavy atom. The van der Waals surface area contributed by atoms with Crippen molar-refractivity contribution < 1.29 is 19.1 Å². The number of hydrogen-bond donors (Lipinski definition) is 0. The third-order valence-electron chi connectivity index (χ3n) is 5.41. The fourth-order valence-electron chi connectivity index (χ4n) is 4.23. The van der Waals surface area contributed by atoms with Crippen molar-refractivity contribution in [3.63, 3.8) is 0 Å². The molecule has 0 saturated heterocycles. The summed E-state index contributed by atoms with van der Waals surface area (Å²) >= 11 is 0. The third kappa shape index (κ3) is 3.16. The highest BCUT2D eigenvalue weighted by molar-refractivity contribution is 6.30. The first-order valence-electron chi connectivity index (χ1n) is 9.89. The van der Waals surface area contributed by atoms with Crippen molar-refractivity contribution in [2.24, 2.45) is 10.9 Å². The molecular weight excluding hydrogens is 366 g/mol. The van der Waals surface area contributed by atoms with Gasteiger partial charge in [-0.1, -0.05) is 36.4 Å². The van der Waals surface area contributed by atoms with Gasteiger partial charge in [0.1, 0.15) is 5.75 Å². The zero-order valence-electron chi connectivity index (χ0n) is 16.8. The molecule has 0 bridgehead atoms. The molecule has 1 heterocycles. The van der Waals surface area contributed by atoms with Gasteiger partial charge in [0, 0.05) is 22.7 Å². The number of hydrogen-bond acceptors (Lipinski definition) is 5. The molecule has 5 heteroatoms. The minimum atomic E-state index is -0.534. The van der Waals surface area contributed by atoms with Crippen LogP contribution in [0, 0.1) is 5.92 Å². The van der Waals surface area contributed by atoms with Gasteiger partial charge in [0.15, 0.2) is 5.78 Å². The summed E-state index contributed by atoms with van der Waals surface area (Å²) in [4.78, 5) is 30.9. The number of aliphatic imine (C=N–C) groups is 1. The van der Waals surface area contributed by atoms with Crippen molar-refractivity contribution in [1.82, 2.24) is 0 Å². The number of carbonyl (C=O) groups excluding carboxylic acids is 2. The number of rotatable bonds is 5. The summed E-state index contributed by atoms with van der Waals surface area (Å²) in [6.07, 6.45) is 0. The van der Waals surface area contributed by atoms with Gasteiger partial charge in [-0.05, 0) is 38.5 Å². The highest BCUT2D eigenvalue weighted by atomic mass is 16.5. The molecule has 4 rings (SSSR count). The van der Waals surface area contributed by atoms with E-state index in [1.807, 2.05) is 62.4 Å². The second kappa shape index (κ2) is 7.66. The van der Waals surface area contributed by atoms with E-state index < -0.39 is 17.8 Å². The molecule has 2 aliphatic rings. The lowest BCUT2D eigenvalue weighted by atomic mass is 9.75. The monoisotopic (exact) mass is 389 g/mol. The topological polar surface area (TPSA) is 65.0 Å². The molecule has 148 valence electrons. The molecule has 0 amide bonds. The van der Waals surface area contributed by atoms with Crippen molar-refractivity contribution in [2.75, 3.05) is 13.2 Å². The molecule has 0 saturated carbocycles. The van der Waals surface area contributed by atoms with E-state index in [1.165, 1.54) is 0 Å². The average Bonchev–Trinajstić information content (AvgIpc) is 3.00. The number of benzene rings is 2. The van der Waals surface area contributed by atoms with Crippen LogP contribution in [0.5, 0.6) is 5.75 Å². The average molecular weight is 389 g/mol. The molecule has 0 spiro atoms. The molecule has 2 aromatic rings. The number of esters is 1. The normalized spacial score (nSPS) is 20.1. The van der Waals surface area contributed by atoms with Crippen LogP contribution in [-0.4, -0.2) is 30.7 Å². The Kier molecular flexibility index (Phi) is 5.05. The molecule has 0 radical (unpaired) electrons. The van der Waals surface area contributed by atoms with E-state index in [1.54, 1.807) is 6.92 Å². The van der Waals surface area contributed by atoms with Crippen molar-refractivity contribution in [2.45, 2.75) is 26.7 Å². The van der Waals surface area contributed by atoms with Crippen molar-refractivity contribution >= 4 is 17.5 Å². The number of fused-ring (bicyclic) bond motifs is 3. The number of Topliss-reactive ketones (excluding diaryl/α,β-unsaturated/α-hetero) is 1. The first kappa shape index (κ1) is 19.1. The van der Waals surface area contributed by atoms with Gasteiger partial charge in [-0.25, -0.2) is 4.79 Å². The van der Waals surface area contributed by atoms with Gasteiger partial charge in [-0.15, -0.1) is 0 Å². The Bertz CT molecular complexity index is 1030. The summed E-state index contributed by atoms with van der Waals surface area (Å²) < 4.78 is 10.9. The largest absolute Gasteiger partial charge is 0.494 e. The van der Waals surface area contributed by atoms with Crippen molar-refractivity contribution in [3.05, 3.63) is 76.5 Å². The van der Waals surface area contributed by atoms with Crippen LogP contribution in [0.15, 0.2) is 64.8 Å². The first-order chi connectivity index (χ1) is 14.1. The smallest absolute Gasteiger partial charge is 0.336 e. The van der Waals surface area contributed by atoms with Crippen LogP contribution in [0.3, 0.4) is 0 Å². The maximum atomic E-state index is 13.3. The Hall–Kier alpha value is -3.21. The van der Waals surface area contributed by atoms with E-state index in [4.69, 9.17) is 14.5 Å². The highest BCUT2D eigenvalue weighted by Crippen LogP contribution is 2.46. The number of carbonyl (C=O) groups is 2. The number of nitrogens with zero attached hydrogens (tertiary/aromatic N) is 1. The minimum absolute atomic E-state index is 0.00691.